The van der Waals surface area contributed by atoms with E-state index in [0.717, 1.165) is 24.6 Å². The van der Waals surface area contributed by atoms with Crippen molar-refractivity contribution in [2.24, 2.45) is 5.92 Å². The maximum Gasteiger partial charge on any atom is 0.231 e. The molecule has 25 heavy (non-hydrogen) atoms. The zero-order chi connectivity index (χ0) is 17.1. The number of carbonyl (C=O) groups excluding carboxylic acids is 1. The lowest BCUT2D eigenvalue weighted by Gasteiger charge is -2.38. The number of carbonyl (C=O) groups is 1. The highest BCUT2D eigenvalue weighted by atomic mass is 16.2. The van der Waals surface area contributed by atoms with Gasteiger partial charge < -0.3 is 15.5 Å². The van der Waals surface area contributed by atoms with Crippen LogP contribution in [0.1, 0.15) is 24.3 Å². The molecule has 2 fully saturated rings. The molecule has 1 aromatic carbocycles. The largest absolute Gasteiger partial charge is 0.353 e. The number of rotatable bonds is 4. The van der Waals surface area contributed by atoms with Crippen LogP contribution in [-0.2, 0) is 4.79 Å². The molecule has 1 amide bonds. The van der Waals surface area contributed by atoms with Gasteiger partial charge in [0.25, 0.3) is 0 Å². The Kier molecular flexibility index (Phi) is 4.61. The predicted molar refractivity (Wildman–Crippen MR) is 97.7 cm³/mol. The lowest BCUT2D eigenvalue weighted by atomic mass is 9.90. The summed E-state index contributed by atoms with van der Waals surface area (Å²) in [6.45, 7) is 3.57. The summed E-state index contributed by atoms with van der Waals surface area (Å²) in [5.41, 5.74) is 2.25. The van der Waals surface area contributed by atoms with Gasteiger partial charge in [0.05, 0.1) is 5.92 Å². The Bertz CT molecular complexity index is 706. The fourth-order valence-electron chi connectivity index (χ4n) is 3.53. The highest BCUT2D eigenvalue weighted by molar-refractivity contribution is 5.94. The van der Waals surface area contributed by atoms with E-state index in [4.69, 9.17) is 0 Å². The third-order valence-corrected chi connectivity index (χ3v) is 5.12. The Hall–Kier alpha value is -2.47. The predicted octanol–water partition coefficient (Wildman–Crippen LogP) is 2.02. The molecule has 6 nitrogen and oxygen atoms in total. The van der Waals surface area contributed by atoms with Gasteiger partial charge in [-0.15, -0.1) is 5.10 Å². The van der Waals surface area contributed by atoms with E-state index in [-0.39, 0.29) is 11.8 Å². The average Bonchev–Trinajstić information content (AvgIpc) is 2.63. The lowest BCUT2D eigenvalue weighted by Crippen LogP contribution is -2.52. The zero-order valence-electron chi connectivity index (χ0n) is 14.2. The first-order valence-electron chi connectivity index (χ1n) is 8.94. The number of anilines is 2. The van der Waals surface area contributed by atoms with Crippen molar-refractivity contribution < 1.29 is 4.79 Å². The molecule has 2 aliphatic heterocycles. The van der Waals surface area contributed by atoms with Gasteiger partial charge in [-0.25, -0.2) is 0 Å². The number of piperidine rings is 1. The van der Waals surface area contributed by atoms with Crippen molar-refractivity contribution in [3.63, 3.8) is 0 Å². The Labute approximate surface area is 147 Å². The van der Waals surface area contributed by atoms with Crippen molar-refractivity contribution in [3.8, 4) is 0 Å². The molecular formula is C19H23N5O. The van der Waals surface area contributed by atoms with E-state index in [1.807, 2.05) is 24.3 Å². The minimum Gasteiger partial charge on any atom is -0.353 e. The second-order valence-electron chi connectivity index (χ2n) is 6.82. The van der Waals surface area contributed by atoms with Gasteiger partial charge in [0, 0.05) is 25.0 Å². The number of hydrogen-bond acceptors (Lipinski definition) is 5. The molecule has 0 atom stereocenters. The third-order valence-electron chi connectivity index (χ3n) is 5.12. The maximum atomic E-state index is 12.4. The van der Waals surface area contributed by atoms with E-state index in [1.54, 1.807) is 6.20 Å². The summed E-state index contributed by atoms with van der Waals surface area (Å²) in [7, 11) is 0. The number of nitrogens with one attached hydrogen (secondary N) is 2. The van der Waals surface area contributed by atoms with Crippen LogP contribution < -0.4 is 15.5 Å². The summed E-state index contributed by atoms with van der Waals surface area (Å²) in [6.07, 6.45) is 4.03. The fourth-order valence-corrected chi connectivity index (χ4v) is 3.53. The Morgan fingerprint density at radius 3 is 2.56 bits per heavy atom. The number of aromatic nitrogens is 2. The van der Waals surface area contributed by atoms with Gasteiger partial charge >= 0.3 is 0 Å². The van der Waals surface area contributed by atoms with Gasteiger partial charge in [-0.3, -0.25) is 4.79 Å². The van der Waals surface area contributed by atoms with Crippen LogP contribution in [-0.4, -0.2) is 42.3 Å². The van der Waals surface area contributed by atoms with E-state index in [1.165, 1.54) is 18.4 Å². The van der Waals surface area contributed by atoms with Gasteiger partial charge in [0.1, 0.15) is 0 Å². The van der Waals surface area contributed by atoms with Gasteiger partial charge in [-0.05, 0) is 61.7 Å². The highest BCUT2D eigenvalue weighted by Crippen LogP contribution is 2.27. The monoisotopic (exact) mass is 337 g/mol. The van der Waals surface area contributed by atoms with E-state index in [0.29, 0.717) is 19.0 Å². The van der Waals surface area contributed by atoms with Crippen molar-refractivity contribution in [2.45, 2.75) is 18.8 Å². The van der Waals surface area contributed by atoms with E-state index >= 15 is 0 Å². The van der Waals surface area contributed by atoms with Crippen LogP contribution in [0.25, 0.3) is 0 Å². The molecule has 2 aromatic rings. The highest BCUT2D eigenvalue weighted by Gasteiger charge is 2.33. The summed E-state index contributed by atoms with van der Waals surface area (Å²) in [4.78, 5) is 14.4. The molecule has 3 heterocycles. The van der Waals surface area contributed by atoms with Crippen LogP contribution in [0.15, 0.2) is 42.6 Å². The van der Waals surface area contributed by atoms with Crippen molar-refractivity contribution in [3.05, 3.63) is 48.2 Å². The standard InChI is InChI=1S/C19H23N5O/c25-19(16-12-24(13-16)18-2-1-9-21-23-18)22-17-5-3-14(4-6-17)15-7-10-20-11-8-15/h1-6,9,15-16,20H,7-8,10-13H2,(H,22,25). The van der Waals surface area contributed by atoms with Crippen LogP contribution in [0.5, 0.6) is 0 Å². The molecule has 2 N–H and O–H groups in total. The van der Waals surface area contributed by atoms with Crippen molar-refractivity contribution in [2.75, 3.05) is 36.4 Å². The number of nitrogens with zero attached hydrogens (tertiary/aromatic N) is 3. The minimum atomic E-state index is 0.00565. The molecule has 0 bridgehead atoms. The summed E-state index contributed by atoms with van der Waals surface area (Å²) >= 11 is 0. The summed E-state index contributed by atoms with van der Waals surface area (Å²) in [6, 6.07) is 12.1. The smallest absolute Gasteiger partial charge is 0.231 e. The molecule has 1 aromatic heterocycles. The fraction of sp³-hybridized carbons (Fsp3) is 0.421. The van der Waals surface area contributed by atoms with Crippen molar-refractivity contribution in [1.29, 1.82) is 0 Å². The molecule has 0 saturated carbocycles. The normalized spacial score (nSPS) is 18.6. The molecule has 0 radical (unpaired) electrons. The number of hydrogen-bond donors (Lipinski definition) is 2. The lowest BCUT2D eigenvalue weighted by molar-refractivity contribution is -0.120. The van der Waals surface area contributed by atoms with Gasteiger partial charge in [0.2, 0.25) is 5.91 Å². The molecule has 4 rings (SSSR count). The summed E-state index contributed by atoms with van der Waals surface area (Å²) in [5.74, 6) is 1.55. The maximum absolute atomic E-state index is 12.4. The van der Waals surface area contributed by atoms with Crippen LogP contribution in [0.4, 0.5) is 11.5 Å². The molecule has 0 unspecified atom stereocenters. The van der Waals surface area contributed by atoms with Crippen LogP contribution >= 0.6 is 0 Å². The van der Waals surface area contributed by atoms with Gasteiger partial charge in [0.15, 0.2) is 5.82 Å². The van der Waals surface area contributed by atoms with E-state index in [2.05, 4.69) is 37.9 Å². The summed E-state index contributed by atoms with van der Waals surface area (Å²) < 4.78 is 0. The van der Waals surface area contributed by atoms with Crippen molar-refractivity contribution in [1.82, 2.24) is 15.5 Å². The topological polar surface area (TPSA) is 70.2 Å². The molecule has 2 aliphatic rings. The second kappa shape index (κ2) is 7.19. The van der Waals surface area contributed by atoms with Gasteiger partial charge in [-0.1, -0.05) is 12.1 Å². The van der Waals surface area contributed by atoms with Crippen molar-refractivity contribution >= 4 is 17.4 Å². The molecular weight excluding hydrogens is 314 g/mol. The first-order valence-corrected chi connectivity index (χ1v) is 8.94. The first-order chi connectivity index (χ1) is 12.3. The van der Waals surface area contributed by atoms with Gasteiger partial charge in [-0.2, -0.15) is 5.10 Å². The minimum absolute atomic E-state index is 0.00565. The Morgan fingerprint density at radius 1 is 1.12 bits per heavy atom. The van der Waals surface area contributed by atoms with E-state index < -0.39 is 0 Å². The number of amides is 1. The molecule has 0 aliphatic carbocycles. The summed E-state index contributed by atoms with van der Waals surface area (Å²) in [5, 5.41) is 14.4. The molecule has 130 valence electrons. The van der Waals surface area contributed by atoms with Crippen LogP contribution in [0.3, 0.4) is 0 Å². The Morgan fingerprint density at radius 2 is 1.88 bits per heavy atom. The van der Waals surface area contributed by atoms with Crippen LogP contribution in [0, 0.1) is 5.92 Å². The Balaban J connectivity index is 1.30. The molecule has 6 heteroatoms. The quantitative estimate of drug-likeness (QED) is 0.893. The second-order valence-corrected chi connectivity index (χ2v) is 6.82. The molecule has 2 saturated heterocycles. The average molecular weight is 337 g/mol. The van der Waals surface area contributed by atoms with E-state index in [9.17, 15) is 4.79 Å². The van der Waals surface area contributed by atoms with Crippen LogP contribution in [0.2, 0.25) is 0 Å². The first kappa shape index (κ1) is 16.0. The molecule has 0 spiro atoms. The third kappa shape index (κ3) is 3.64. The number of benzene rings is 1. The zero-order valence-corrected chi connectivity index (χ0v) is 14.2. The SMILES string of the molecule is O=C(Nc1ccc(C2CCNCC2)cc1)C1CN(c2cccnn2)C1.